The smallest absolute Gasteiger partial charge is 0.203 e. The van der Waals surface area contributed by atoms with Crippen LogP contribution in [0.25, 0.3) is 0 Å². The van der Waals surface area contributed by atoms with E-state index in [1.54, 1.807) is 21.3 Å². The van der Waals surface area contributed by atoms with Gasteiger partial charge in [0.15, 0.2) is 11.5 Å². The maximum atomic E-state index is 5.90. The van der Waals surface area contributed by atoms with Crippen molar-refractivity contribution in [1.82, 2.24) is 9.47 Å². The first-order chi connectivity index (χ1) is 15.6. The summed E-state index contributed by atoms with van der Waals surface area (Å²) in [6, 6.07) is 17.5. The number of ether oxygens (including phenoxy) is 3. The van der Waals surface area contributed by atoms with E-state index >= 15 is 0 Å². The highest BCUT2D eigenvalue weighted by Crippen LogP contribution is 2.46. The highest BCUT2D eigenvalue weighted by atomic mass is 16.5. The van der Waals surface area contributed by atoms with Gasteiger partial charge in [0.2, 0.25) is 5.75 Å². The van der Waals surface area contributed by atoms with Crippen molar-refractivity contribution in [2.45, 2.75) is 45.3 Å². The van der Waals surface area contributed by atoms with E-state index in [2.05, 4.69) is 72.0 Å². The van der Waals surface area contributed by atoms with Gasteiger partial charge in [0.05, 0.1) is 27.4 Å². The molecule has 0 saturated carbocycles. The molecule has 32 heavy (non-hydrogen) atoms. The van der Waals surface area contributed by atoms with Gasteiger partial charge in [-0.05, 0) is 47.7 Å². The second kappa shape index (κ2) is 9.70. The maximum Gasteiger partial charge on any atom is 0.203 e. The third kappa shape index (κ3) is 4.22. The molecule has 1 aliphatic rings. The van der Waals surface area contributed by atoms with Crippen molar-refractivity contribution in [3.63, 3.8) is 0 Å². The number of nitrogens with zero attached hydrogens (tertiary/aromatic N) is 2. The van der Waals surface area contributed by atoms with Crippen LogP contribution in [0.5, 0.6) is 17.2 Å². The van der Waals surface area contributed by atoms with E-state index in [-0.39, 0.29) is 6.04 Å². The molecule has 1 unspecified atom stereocenters. The van der Waals surface area contributed by atoms with Crippen molar-refractivity contribution in [1.29, 1.82) is 0 Å². The van der Waals surface area contributed by atoms with Crippen LogP contribution in [0, 0.1) is 0 Å². The van der Waals surface area contributed by atoms with Gasteiger partial charge in [-0.2, -0.15) is 0 Å². The number of hydrogen-bond donors (Lipinski definition) is 0. The molecule has 0 amide bonds. The molecule has 5 heteroatoms. The van der Waals surface area contributed by atoms with E-state index in [1.165, 1.54) is 16.8 Å². The summed E-state index contributed by atoms with van der Waals surface area (Å²) in [5.41, 5.74) is 5.05. The lowest BCUT2D eigenvalue weighted by Gasteiger charge is -2.32. The van der Waals surface area contributed by atoms with Crippen LogP contribution in [0.2, 0.25) is 0 Å². The van der Waals surface area contributed by atoms with Crippen molar-refractivity contribution >= 4 is 0 Å². The predicted octanol–water partition coefficient (Wildman–Crippen LogP) is 5.63. The minimum absolute atomic E-state index is 0.0482. The second-order valence-electron chi connectivity index (χ2n) is 8.67. The SMILES string of the molecule is COc1ccc(C2c3cccn3CCCN2Cc2ccc(C(C)C)cc2)c(OC)c1OC. The molecular weight excluding hydrogens is 400 g/mol. The van der Waals surface area contributed by atoms with Gasteiger partial charge in [-0.3, -0.25) is 4.90 Å². The van der Waals surface area contributed by atoms with Crippen molar-refractivity contribution in [3.8, 4) is 17.2 Å². The zero-order chi connectivity index (χ0) is 22.7. The molecule has 0 saturated heterocycles. The molecule has 0 radical (unpaired) electrons. The van der Waals surface area contributed by atoms with Gasteiger partial charge >= 0.3 is 0 Å². The lowest BCUT2D eigenvalue weighted by Crippen LogP contribution is -2.30. The highest BCUT2D eigenvalue weighted by molar-refractivity contribution is 5.58. The molecule has 4 rings (SSSR count). The molecule has 0 spiro atoms. The average molecular weight is 435 g/mol. The molecule has 170 valence electrons. The summed E-state index contributed by atoms with van der Waals surface area (Å²) in [5.74, 6) is 2.57. The minimum atomic E-state index is 0.0482. The Morgan fingerprint density at radius 2 is 1.62 bits per heavy atom. The van der Waals surface area contributed by atoms with Crippen LogP contribution in [0.4, 0.5) is 0 Å². The van der Waals surface area contributed by atoms with E-state index < -0.39 is 0 Å². The predicted molar refractivity (Wildman–Crippen MR) is 128 cm³/mol. The molecule has 0 bridgehead atoms. The summed E-state index contributed by atoms with van der Waals surface area (Å²) < 4.78 is 19.5. The molecule has 0 N–H and O–H groups in total. The fourth-order valence-electron chi connectivity index (χ4n) is 4.75. The van der Waals surface area contributed by atoms with Gasteiger partial charge in [0.1, 0.15) is 0 Å². The molecule has 3 aromatic rings. The Morgan fingerprint density at radius 3 is 2.28 bits per heavy atom. The third-order valence-electron chi connectivity index (χ3n) is 6.42. The van der Waals surface area contributed by atoms with Gasteiger partial charge in [-0.15, -0.1) is 0 Å². The van der Waals surface area contributed by atoms with Gasteiger partial charge in [-0.25, -0.2) is 0 Å². The lowest BCUT2D eigenvalue weighted by molar-refractivity contribution is 0.214. The number of aromatic nitrogens is 1. The van der Waals surface area contributed by atoms with E-state index in [9.17, 15) is 0 Å². The number of fused-ring (bicyclic) bond motifs is 1. The largest absolute Gasteiger partial charge is 0.493 e. The third-order valence-corrected chi connectivity index (χ3v) is 6.42. The van der Waals surface area contributed by atoms with E-state index in [4.69, 9.17) is 14.2 Å². The Balaban J connectivity index is 1.79. The highest BCUT2D eigenvalue weighted by Gasteiger charge is 2.31. The fourth-order valence-corrected chi connectivity index (χ4v) is 4.75. The van der Waals surface area contributed by atoms with Crippen LogP contribution in [0.15, 0.2) is 54.7 Å². The first kappa shape index (κ1) is 22.3. The summed E-state index contributed by atoms with van der Waals surface area (Å²) in [6.07, 6.45) is 3.27. The van der Waals surface area contributed by atoms with E-state index in [1.807, 2.05) is 6.07 Å². The van der Waals surface area contributed by atoms with Crippen molar-refractivity contribution < 1.29 is 14.2 Å². The molecule has 1 atom stereocenters. The molecule has 5 nitrogen and oxygen atoms in total. The monoisotopic (exact) mass is 434 g/mol. The molecular formula is C27H34N2O3. The molecule has 2 heterocycles. The van der Waals surface area contributed by atoms with Crippen molar-refractivity contribution in [2.24, 2.45) is 0 Å². The zero-order valence-electron chi connectivity index (χ0n) is 19.8. The van der Waals surface area contributed by atoms with Gasteiger partial charge in [0.25, 0.3) is 0 Å². The zero-order valence-corrected chi connectivity index (χ0v) is 19.8. The Bertz CT molecular complexity index is 1040. The quantitative estimate of drug-likeness (QED) is 0.483. The minimum Gasteiger partial charge on any atom is -0.493 e. The van der Waals surface area contributed by atoms with Crippen LogP contribution in [-0.2, 0) is 13.1 Å². The van der Waals surface area contributed by atoms with Gasteiger partial charge in [-0.1, -0.05) is 38.1 Å². The Hall–Kier alpha value is -2.92. The summed E-state index contributed by atoms with van der Waals surface area (Å²) in [5, 5.41) is 0. The number of aryl methyl sites for hydroxylation is 1. The summed E-state index contributed by atoms with van der Waals surface area (Å²) in [6.45, 7) is 7.34. The molecule has 2 aromatic carbocycles. The standard InChI is InChI=1S/C27H34N2O3/c1-19(2)21-11-9-20(10-12-21)18-29-17-7-16-28-15-6-8-23(28)25(29)22-13-14-24(30-3)27(32-5)26(22)31-4/h6,8-15,19,25H,7,16-18H2,1-5H3. The fraction of sp³-hybridized carbons (Fsp3) is 0.407. The van der Waals surface area contributed by atoms with Crippen molar-refractivity contribution in [2.75, 3.05) is 27.9 Å². The topological polar surface area (TPSA) is 35.9 Å². The van der Waals surface area contributed by atoms with Crippen LogP contribution in [-0.4, -0.2) is 37.3 Å². The Labute approximate surface area is 191 Å². The Morgan fingerprint density at radius 1 is 0.875 bits per heavy atom. The normalized spacial score (nSPS) is 16.5. The van der Waals surface area contributed by atoms with Gasteiger partial charge < -0.3 is 18.8 Å². The molecule has 1 aromatic heterocycles. The van der Waals surface area contributed by atoms with Crippen LogP contribution < -0.4 is 14.2 Å². The number of benzene rings is 2. The van der Waals surface area contributed by atoms with Crippen LogP contribution in [0.3, 0.4) is 0 Å². The Kier molecular flexibility index (Phi) is 6.75. The average Bonchev–Trinajstić information content (AvgIpc) is 3.20. The maximum absolute atomic E-state index is 5.90. The van der Waals surface area contributed by atoms with Crippen molar-refractivity contribution in [3.05, 3.63) is 77.1 Å². The second-order valence-corrected chi connectivity index (χ2v) is 8.67. The first-order valence-electron chi connectivity index (χ1n) is 11.3. The van der Waals surface area contributed by atoms with Gasteiger partial charge in [0, 0.05) is 37.1 Å². The first-order valence-corrected chi connectivity index (χ1v) is 11.3. The van der Waals surface area contributed by atoms with E-state index in [0.717, 1.165) is 37.4 Å². The molecule has 0 fully saturated rings. The lowest BCUT2D eigenvalue weighted by atomic mass is 9.98. The summed E-state index contributed by atoms with van der Waals surface area (Å²) in [4.78, 5) is 2.55. The van der Waals surface area contributed by atoms with Crippen LogP contribution in [0.1, 0.15) is 54.6 Å². The molecule has 1 aliphatic heterocycles. The number of rotatable bonds is 7. The van der Waals surface area contributed by atoms with E-state index in [0.29, 0.717) is 17.4 Å². The number of hydrogen-bond acceptors (Lipinski definition) is 4. The number of methoxy groups -OCH3 is 3. The van der Waals surface area contributed by atoms with Crippen LogP contribution >= 0.6 is 0 Å². The molecule has 0 aliphatic carbocycles. The summed E-state index contributed by atoms with van der Waals surface area (Å²) in [7, 11) is 5.01. The summed E-state index contributed by atoms with van der Waals surface area (Å²) >= 11 is 0.